The molecular weight excluding hydrogens is 568 g/mol. The zero-order chi connectivity index (χ0) is 30.0. The number of benzene rings is 3. The van der Waals surface area contributed by atoms with Gasteiger partial charge in [-0.15, -0.1) is 0 Å². The van der Waals surface area contributed by atoms with E-state index < -0.39 is 0 Å². The number of likely N-dealkylation sites (tertiary alicyclic amines) is 1. The van der Waals surface area contributed by atoms with Crippen molar-refractivity contribution in [2.75, 3.05) is 56.1 Å². The molecule has 3 aliphatic heterocycles. The van der Waals surface area contributed by atoms with Crippen LogP contribution in [0.5, 0.6) is 11.5 Å². The van der Waals surface area contributed by atoms with Crippen molar-refractivity contribution < 1.29 is 9.47 Å². The van der Waals surface area contributed by atoms with E-state index in [1.807, 2.05) is 30.3 Å². The predicted molar refractivity (Wildman–Crippen MR) is 182 cm³/mol. The van der Waals surface area contributed by atoms with Crippen LogP contribution in [-0.4, -0.2) is 56.9 Å². The van der Waals surface area contributed by atoms with E-state index in [2.05, 4.69) is 62.9 Å². The molecule has 0 aromatic heterocycles. The number of nitrogens with zero attached hydrogens (tertiary/aromatic N) is 2. The molecule has 3 aromatic carbocycles. The van der Waals surface area contributed by atoms with Crippen molar-refractivity contribution in [3.63, 3.8) is 0 Å². The lowest BCUT2D eigenvalue weighted by Crippen LogP contribution is -2.42. The summed E-state index contributed by atoms with van der Waals surface area (Å²) in [4.78, 5) is 5.22. The van der Waals surface area contributed by atoms with Crippen molar-refractivity contribution in [2.24, 2.45) is 11.8 Å². The Hall–Kier alpha value is -2.93. The summed E-state index contributed by atoms with van der Waals surface area (Å²) in [6.07, 6.45) is 10.5. The molecule has 0 aliphatic carbocycles. The molecule has 2 atom stereocenters. The van der Waals surface area contributed by atoms with Gasteiger partial charge in [-0.05, 0) is 131 Å². The first-order valence-electron chi connectivity index (χ1n) is 16.9. The highest BCUT2D eigenvalue weighted by Gasteiger charge is 2.34. The summed E-state index contributed by atoms with van der Waals surface area (Å²) in [6, 6.07) is 24.4. The van der Waals surface area contributed by atoms with Gasteiger partial charge in [-0.1, -0.05) is 54.4 Å². The highest BCUT2D eigenvalue weighted by atomic mass is 35.5. The number of rotatable bonds is 14. The minimum atomic E-state index is 0.0178. The lowest BCUT2D eigenvalue weighted by Gasteiger charge is -2.35. The summed E-state index contributed by atoms with van der Waals surface area (Å²) in [5, 5.41) is 8.09. The van der Waals surface area contributed by atoms with Crippen molar-refractivity contribution in [3.05, 3.63) is 83.4 Å². The number of para-hydroxylation sites is 1. The van der Waals surface area contributed by atoms with Gasteiger partial charge in [0.25, 0.3) is 0 Å². The molecule has 3 aliphatic rings. The van der Waals surface area contributed by atoms with Gasteiger partial charge in [-0.25, -0.2) is 0 Å². The maximum atomic E-state index is 6.49. The quantitative estimate of drug-likeness (QED) is 0.193. The Morgan fingerprint density at radius 1 is 0.818 bits per heavy atom. The molecule has 236 valence electrons. The molecule has 3 heterocycles. The van der Waals surface area contributed by atoms with Gasteiger partial charge in [-0.2, -0.15) is 0 Å². The zero-order valence-electron chi connectivity index (χ0n) is 26.1. The van der Waals surface area contributed by atoms with Gasteiger partial charge < -0.3 is 29.9 Å². The third kappa shape index (κ3) is 8.41. The third-order valence-corrected chi connectivity index (χ3v) is 9.98. The molecule has 0 radical (unpaired) electrons. The molecule has 0 bridgehead atoms. The van der Waals surface area contributed by atoms with E-state index >= 15 is 0 Å². The maximum Gasteiger partial charge on any atom is 0.145 e. The number of halogens is 1. The number of anilines is 2. The Morgan fingerprint density at radius 2 is 1.61 bits per heavy atom. The Labute approximate surface area is 269 Å². The first kappa shape index (κ1) is 31.1. The lowest BCUT2D eigenvalue weighted by atomic mass is 9.80. The fourth-order valence-electron chi connectivity index (χ4n) is 7.30. The van der Waals surface area contributed by atoms with Crippen LogP contribution in [0, 0.1) is 11.8 Å². The lowest BCUT2D eigenvalue weighted by molar-refractivity contribution is 0.194. The van der Waals surface area contributed by atoms with Crippen molar-refractivity contribution in [1.82, 2.24) is 10.2 Å². The normalized spacial score (nSPS) is 19.8. The minimum absolute atomic E-state index is 0.0178. The Kier molecular flexibility index (Phi) is 11.2. The molecule has 0 amide bonds. The molecule has 44 heavy (non-hydrogen) atoms. The van der Waals surface area contributed by atoms with E-state index in [0.717, 1.165) is 59.4 Å². The second kappa shape index (κ2) is 15.9. The number of hydrogen-bond acceptors (Lipinski definition) is 6. The van der Waals surface area contributed by atoms with Gasteiger partial charge >= 0.3 is 0 Å². The Balaban J connectivity index is 1.17. The monoisotopic (exact) mass is 616 g/mol. The average Bonchev–Trinajstić information content (AvgIpc) is 3.44. The van der Waals surface area contributed by atoms with Crippen molar-refractivity contribution >= 4 is 23.0 Å². The van der Waals surface area contributed by atoms with Crippen molar-refractivity contribution in [2.45, 2.75) is 64.1 Å². The van der Waals surface area contributed by atoms with E-state index in [1.165, 1.54) is 76.6 Å². The van der Waals surface area contributed by atoms with Gasteiger partial charge in [0.05, 0.1) is 5.69 Å². The molecule has 2 fully saturated rings. The van der Waals surface area contributed by atoms with Gasteiger partial charge in [0.1, 0.15) is 36.6 Å². The standard InChI is InChI=1S/C37H49ClN4O2/c38-32-14-16-33(17-15-32)43-28-36-40-34-12-7-13-35(44-27-29-9-3-1-4-10-29)37(34)42(36)26-20-30(31-18-21-39-22-19-31)11-8-25-41-23-5-2-6-24-41/h1,3-4,7,9-10,12-17,30-31,36,39-40H,2,5-6,8,11,18-28H2. The number of fused-ring (bicyclic) bond motifs is 1. The van der Waals surface area contributed by atoms with Gasteiger partial charge in [0.15, 0.2) is 0 Å². The molecule has 3 aromatic rings. The molecular formula is C37H49ClN4O2. The molecule has 7 heteroatoms. The summed E-state index contributed by atoms with van der Waals surface area (Å²) in [7, 11) is 0. The van der Waals surface area contributed by atoms with E-state index in [4.69, 9.17) is 21.1 Å². The topological polar surface area (TPSA) is 49.0 Å². The number of ether oxygens (including phenoxy) is 2. The molecule has 0 spiro atoms. The van der Waals surface area contributed by atoms with Crippen LogP contribution < -0.4 is 25.0 Å². The molecule has 0 saturated carbocycles. The second-order valence-electron chi connectivity index (χ2n) is 12.7. The predicted octanol–water partition coefficient (Wildman–Crippen LogP) is 7.83. The summed E-state index contributed by atoms with van der Waals surface area (Å²) in [5.74, 6) is 3.27. The van der Waals surface area contributed by atoms with Crippen LogP contribution in [0.25, 0.3) is 0 Å². The fraction of sp³-hybridized carbons (Fsp3) is 0.514. The number of hydrogen-bond donors (Lipinski definition) is 2. The van der Waals surface area contributed by atoms with E-state index in [0.29, 0.717) is 13.2 Å². The van der Waals surface area contributed by atoms with Crippen LogP contribution in [0.4, 0.5) is 11.4 Å². The van der Waals surface area contributed by atoms with E-state index in [-0.39, 0.29) is 6.17 Å². The molecule has 6 nitrogen and oxygen atoms in total. The van der Waals surface area contributed by atoms with Crippen LogP contribution in [0.2, 0.25) is 5.02 Å². The molecule has 2 saturated heterocycles. The van der Waals surface area contributed by atoms with Gasteiger partial charge in [0, 0.05) is 11.6 Å². The van der Waals surface area contributed by atoms with Crippen LogP contribution >= 0.6 is 11.6 Å². The van der Waals surface area contributed by atoms with Crippen molar-refractivity contribution in [3.8, 4) is 11.5 Å². The summed E-state index contributed by atoms with van der Waals surface area (Å²) in [5.41, 5.74) is 3.44. The van der Waals surface area contributed by atoms with Crippen LogP contribution in [-0.2, 0) is 6.61 Å². The highest BCUT2D eigenvalue weighted by molar-refractivity contribution is 6.30. The summed E-state index contributed by atoms with van der Waals surface area (Å²) >= 11 is 6.13. The number of piperidine rings is 2. The first-order chi connectivity index (χ1) is 21.7. The van der Waals surface area contributed by atoms with Crippen LogP contribution in [0.1, 0.15) is 56.9 Å². The fourth-order valence-corrected chi connectivity index (χ4v) is 7.43. The summed E-state index contributed by atoms with van der Waals surface area (Å²) in [6.45, 7) is 8.17. The smallest absolute Gasteiger partial charge is 0.145 e. The maximum absolute atomic E-state index is 6.49. The van der Waals surface area contributed by atoms with Crippen molar-refractivity contribution in [1.29, 1.82) is 0 Å². The molecule has 2 N–H and O–H groups in total. The molecule has 6 rings (SSSR count). The highest BCUT2D eigenvalue weighted by Crippen LogP contribution is 2.43. The minimum Gasteiger partial charge on any atom is -0.489 e. The summed E-state index contributed by atoms with van der Waals surface area (Å²) < 4.78 is 12.8. The SMILES string of the molecule is Clc1ccc(OCC2Nc3cccc(OCc4ccccc4)c3N2CCC(CCCN2CCCCC2)C2CCNCC2)cc1. The first-order valence-corrected chi connectivity index (χ1v) is 17.2. The zero-order valence-corrected chi connectivity index (χ0v) is 26.8. The average molecular weight is 617 g/mol. The molecule has 2 unspecified atom stereocenters. The second-order valence-corrected chi connectivity index (χ2v) is 13.2. The van der Waals surface area contributed by atoms with Gasteiger partial charge in [-0.3, -0.25) is 0 Å². The van der Waals surface area contributed by atoms with Crippen LogP contribution in [0.3, 0.4) is 0 Å². The number of nitrogens with one attached hydrogen (secondary N) is 2. The van der Waals surface area contributed by atoms with Gasteiger partial charge in [0.2, 0.25) is 0 Å². The Bertz CT molecular complexity index is 1280. The van der Waals surface area contributed by atoms with Crippen LogP contribution in [0.15, 0.2) is 72.8 Å². The Morgan fingerprint density at radius 3 is 2.41 bits per heavy atom. The van der Waals surface area contributed by atoms with E-state index in [1.54, 1.807) is 0 Å². The largest absolute Gasteiger partial charge is 0.489 e. The van der Waals surface area contributed by atoms with E-state index in [9.17, 15) is 0 Å². The third-order valence-electron chi connectivity index (χ3n) is 9.73.